The second kappa shape index (κ2) is 8.62. The third-order valence-corrected chi connectivity index (χ3v) is 8.34. The number of hydrogen-bond acceptors (Lipinski definition) is 6. The molecule has 9 heteroatoms. The first kappa shape index (κ1) is 24.3. The molecular formula is C31H26N4O5. The van der Waals surface area contributed by atoms with Gasteiger partial charge in [0.2, 0.25) is 17.7 Å². The molecule has 40 heavy (non-hydrogen) atoms. The number of esters is 1. The molecule has 0 bridgehead atoms. The highest BCUT2D eigenvalue weighted by Gasteiger charge is 2.70. The van der Waals surface area contributed by atoms with Crippen LogP contribution in [0.1, 0.15) is 23.6 Å². The van der Waals surface area contributed by atoms with E-state index in [9.17, 15) is 19.2 Å². The first-order valence-corrected chi connectivity index (χ1v) is 13.2. The van der Waals surface area contributed by atoms with Crippen LogP contribution < -0.4 is 20.3 Å². The lowest BCUT2D eigenvalue weighted by Crippen LogP contribution is -2.53. The van der Waals surface area contributed by atoms with E-state index < -0.39 is 35.3 Å². The number of nitrogens with zero attached hydrogens (tertiary/aromatic N) is 1. The Hall–Kier alpha value is -4.76. The number of H-pyrrole nitrogens is 1. The molecule has 1 spiro atoms. The quantitative estimate of drug-likeness (QED) is 0.209. The number of imide groups is 1. The van der Waals surface area contributed by atoms with Crippen molar-refractivity contribution in [3.05, 3.63) is 89.6 Å². The van der Waals surface area contributed by atoms with Crippen LogP contribution in [0, 0.1) is 18.8 Å². The Morgan fingerprint density at radius 3 is 2.55 bits per heavy atom. The Labute approximate surface area is 229 Å². The summed E-state index contributed by atoms with van der Waals surface area (Å²) >= 11 is 0. The van der Waals surface area contributed by atoms with Crippen LogP contribution in [0.2, 0.25) is 0 Å². The van der Waals surface area contributed by atoms with E-state index in [4.69, 9.17) is 4.74 Å². The number of fused-ring (bicyclic) bond motifs is 5. The minimum atomic E-state index is -1.39. The van der Waals surface area contributed by atoms with Crippen molar-refractivity contribution in [2.45, 2.75) is 31.8 Å². The molecule has 3 N–H and O–H groups in total. The summed E-state index contributed by atoms with van der Waals surface area (Å²) in [7, 11) is 0. The largest absolute Gasteiger partial charge is 0.427 e. The number of ether oxygens (including phenoxy) is 1. The monoisotopic (exact) mass is 534 g/mol. The molecule has 9 nitrogen and oxygen atoms in total. The summed E-state index contributed by atoms with van der Waals surface area (Å²) in [5, 5.41) is 7.50. The van der Waals surface area contributed by atoms with Crippen molar-refractivity contribution in [2.24, 2.45) is 11.8 Å². The maximum absolute atomic E-state index is 14.2. The Morgan fingerprint density at radius 1 is 1.00 bits per heavy atom. The van der Waals surface area contributed by atoms with Gasteiger partial charge in [-0.2, -0.15) is 0 Å². The van der Waals surface area contributed by atoms with Gasteiger partial charge in [-0.3, -0.25) is 24.5 Å². The van der Waals surface area contributed by atoms with Gasteiger partial charge in [0.1, 0.15) is 11.3 Å². The van der Waals surface area contributed by atoms with Crippen LogP contribution in [-0.4, -0.2) is 34.7 Å². The standard InChI is InChI=1S/C31H26N4O5/c1-16-7-12-24-22(13-16)31(30(39)33-24)27-26(25(34-31)14-18-15-32-23-6-4-3-5-21(18)23)28(37)35(29(27)38)19-8-10-20(11-9-19)40-17(2)36/h3-13,15,25-27,32,34H,14H2,1-2H3,(H,33,39)/t25?,26-,27+,31?/m1/s1. The van der Waals surface area contributed by atoms with Crippen molar-refractivity contribution in [1.82, 2.24) is 10.3 Å². The van der Waals surface area contributed by atoms with Crippen LogP contribution in [0.25, 0.3) is 10.9 Å². The van der Waals surface area contributed by atoms with E-state index in [0.717, 1.165) is 22.0 Å². The van der Waals surface area contributed by atoms with E-state index in [0.29, 0.717) is 29.1 Å². The molecule has 7 rings (SSSR count). The third kappa shape index (κ3) is 3.37. The van der Waals surface area contributed by atoms with Gasteiger partial charge < -0.3 is 15.0 Å². The van der Waals surface area contributed by atoms with E-state index in [1.54, 1.807) is 24.3 Å². The van der Waals surface area contributed by atoms with Crippen LogP contribution in [0.3, 0.4) is 0 Å². The minimum Gasteiger partial charge on any atom is -0.427 e. The summed E-state index contributed by atoms with van der Waals surface area (Å²) in [6, 6.07) is 19.3. The summed E-state index contributed by atoms with van der Waals surface area (Å²) < 4.78 is 5.12. The number of para-hydroxylation sites is 1. The van der Waals surface area contributed by atoms with Gasteiger partial charge in [-0.1, -0.05) is 35.9 Å². The fourth-order valence-corrected chi connectivity index (χ4v) is 6.71. The van der Waals surface area contributed by atoms with Crippen molar-refractivity contribution in [2.75, 3.05) is 10.2 Å². The molecule has 1 aromatic heterocycles. The van der Waals surface area contributed by atoms with E-state index in [2.05, 4.69) is 15.6 Å². The summed E-state index contributed by atoms with van der Waals surface area (Å²) in [4.78, 5) is 58.0. The first-order valence-electron chi connectivity index (χ1n) is 13.2. The summed E-state index contributed by atoms with van der Waals surface area (Å²) in [6.45, 7) is 3.24. The number of carbonyl (C=O) groups is 4. The Kier molecular flexibility index (Phi) is 5.24. The van der Waals surface area contributed by atoms with Gasteiger partial charge in [-0.05, 0) is 55.3 Å². The van der Waals surface area contributed by atoms with Gasteiger partial charge in [-0.25, -0.2) is 4.90 Å². The highest BCUT2D eigenvalue weighted by atomic mass is 16.5. The van der Waals surface area contributed by atoms with E-state index in [1.165, 1.54) is 11.8 Å². The molecule has 3 aliphatic heterocycles. The number of amides is 3. The molecule has 0 saturated carbocycles. The summed E-state index contributed by atoms with van der Waals surface area (Å²) in [5.74, 6) is -3.00. The van der Waals surface area contributed by atoms with Crippen molar-refractivity contribution in [3.8, 4) is 5.75 Å². The average molecular weight is 535 g/mol. The number of anilines is 2. The highest BCUT2D eigenvalue weighted by Crippen LogP contribution is 2.54. The molecule has 2 saturated heterocycles. The van der Waals surface area contributed by atoms with Crippen molar-refractivity contribution < 1.29 is 23.9 Å². The Morgan fingerprint density at radius 2 is 1.77 bits per heavy atom. The molecule has 0 radical (unpaired) electrons. The number of carbonyl (C=O) groups excluding carboxylic acids is 4. The van der Waals surface area contributed by atoms with Gasteiger partial charge >= 0.3 is 5.97 Å². The molecule has 200 valence electrons. The molecule has 2 fully saturated rings. The predicted molar refractivity (Wildman–Crippen MR) is 148 cm³/mol. The Bertz CT molecular complexity index is 1740. The molecule has 4 atom stereocenters. The number of hydrogen-bond donors (Lipinski definition) is 3. The van der Waals surface area contributed by atoms with Crippen LogP contribution in [-0.2, 0) is 31.1 Å². The van der Waals surface area contributed by atoms with Crippen LogP contribution in [0.5, 0.6) is 5.75 Å². The number of aromatic amines is 1. The number of nitrogens with one attached hydrogen (secondary N) is 3. The van der Waals surface area contributed by atoms with Crippen molar-refractivity contribution >= 4 is 46.0 Å². The minimum absolute atomic E-state index is 0.311. The van der Waals surface area contributed by atoms with Gasteiger partial charge in [0.15, 0.2) is 0 Å². The lowest BCUT2D eigenvalue weighted by molar-refractivity contribution is -0.132. The molecule has 3 amide bonds. The normalized spacial score (nSPS) is 25.0. The third-order valence-electron chi connectivity index (χ3n) is 8.34. The van der Waals surface area contributed by atoms with Crippen molar-refractivity contribution in [3.63, 3.8) is 0 Å². The molecule has 4 heterocycles. The summed E-state index contributed by atoms with van der Waals surface area (Å²) in [6.07, 6.45) is 2.37. The molecule has 2 unspecified atom stereocenters. The summed E-state index contributed by atoms with van der Waals surface area (Å²) in [5.41, 5.74) is 3.22. The lowest BCUT2D eigenvalue weighted by Gasteiger charge is -2.29. The Balaban J connectivity index is 1.34. The fourth-order valence-electron chi connectivity index (χ4n) is 6.71. The smallest absolute Gasteiger partial charge is 0.308 e. The van der Waals surface area contributed by atoms with E-state index >= 15 is 0 Å². The van der Waals surface area contributed by atoms with Crippen LogP contribution in [0.4, 0.5) is 11.4 Å². The molecule has 3 aromatic carbocycles. The second-order valence-corrected chi connectivity index (χ2v) is 10.7. The molecule has 0 aliphatic carbocycles. The molecule has 3 aliphatic rings. The number of aryl methyl sites for hydroxylation is 1. The van der Waals surface area contributed by atoms with Gasteiger partial charge in [0, 0.05) is 41.3 Å². The topological polar surface area (TPSA) is 121 Å². The maximum atomic E-state index is 14.2. The maximum Gasteiger partial charge on any atom is 0.308 e. The van der Waals surface area contributed by atoms with Gasteiger partial charge in [0.25, 0.3) is 0 Å². The highest BCUT2D eigenvalue weighted by molar-refractivity contribution is 6.25. The zero-order chi connectivity index (χ0) is 27.8. The average Bonchev–Trinajstić information content (AvgIpc) is 3.64. The number of rotatable bonds is 4. The SMILES string of the molecule is CC(=O)Oc1ccc(N2C(=O)[C@@H]3C(Cc4c[nH]c5ccccc45)NC4(C(=O)Nc5ccc(C)cc54)[C@@H]3C2=O)cc1. The van der Waals surface area contributed by atoms with Gasteiger partial charge in [0.05, 0.1) is 17.5 Å². The lowest BCUT2D eigenvalue weighted by atomic mass is 9.76. The van der Waals surface area contributed by atoms with Crippen LogP contribution in [0.15, 0.2) is 72.9 Å². The van der Waals surface area contributed by atoms with Crippen LogP contribution >= 0.6 is 0 Å². The van der Waals surface area contributed by atoms with Crippen molar-refractivity contribution in [1.29, 1.82) is 0 Å². The zero-order valence-electron chi connectivity index (χ0n) is 21.9. The zero-order valence-corrected chi connectivity index (χ0v) is 21.9. The predicted octanol–water partition coefficient (Wildman–Crippen LogP) is 3.57. The molecule has 4 aromatic rings. The first-order chi connectivity index (χ1) is 19.3. The van der Waals surface area contributed by atoms with Gasteiger partial charge in [-0.15, -0.1) is 0 Å². The van der Waals surface area contributed by atoms with E-state index in [-0.39, 0.29) is 11.8 Å². The number of aromatic nitrogens is 1. The molecular weight excluding hydrogens is 508 g/mol. The second-order valence-electron chi connectivity index (χ2n) is 10.7. The van der Waals surface area contributed by atoms with E-state index in [1.807, 2.05) is 55.6 Å². The fraction of sp³-hybridized carbons (Fsp3) is 0.226. The number of benzene rings is 3.